The predicted octanol–water partition coefficient (Wildman–Crippen LogP) is 5.16. The quantitative estimate of drug-likeness (QED) is 0.475. The van der Waals surface area contributed by atoms with Crippen LogP contribution >= 0.6 is 11.6 Å². The van der Waals surface area contributed by atoms with E-state index in [1.807, 2.05) is 43.3 Å². The Labute approximate surface area is 173 Å². The van der Waals surface area contributed by atoms with Crippen molar-refractivity contribution in [2.24, 2.45) is 0 Å². The summed E-state index contributed by atoms with van der Waals surface area (Å²) in [6, 6.07) is 14.3. The van der Waals surface area contributed by atoms with Gasteiger partial charge in [-0.2, -0.15) is 0 Å². The molecular weight excluding hydrogens is 394 g/mol. The van der Waals surface area contributed by atoms with E-state index in [2.05, 4.69) is 5.16 Å². The highest BCUT2D eigenvalue weighted by molar-refractivity contribution is 6.30. The van der Waals surface area contributed by atoms with Crippen LogP contribution in [-0.4, -0.2) is 24.8 Å². The zero-order chi connectivity index (χ0) is 20.6. The summed E-state index contributed by atoms with van der Waals surface area (Å²) >= 11 is 5.88. The molecule has 0 saturated heterocycles. The lowest BCUT2D eigenvalue weighted by Gasteiger charge is -2.11. The number of carbonyl (C=O) groups excluding carboxylic acids is 1. The van der Waals surface area contributed by atoms with Crippen LogP contribution in [0.15, 0.2) is 59.1 Å². The van der Waals surface area contributed by atoms with Crippen LogP contribution in [0.1, 0.15) is 18.2 Å². The maximum atomic E-state index is 12.0. The van der Waals surface area contributed by atoms with Crippen LogP contribution in [0.5, 0.6) is 11.5 Å². The largest absolute Gasteiger partial charge is 0.493 e. The number of nitrogens with zero attached hydrogens (tertiary/aromatic N) is 1. The number of allylic oxidation sites excluding steroid dienone is 1. The minimum absolute atomic E-state index is 0.0415. The fraction of sp³-hybridized carbons (Fsp3) is 0.182. The van der Waals surface area contributed by atoms with Crippen molar-refractivity contribution in [1.82, 2.24) is 5.16 Å². The first-order chi connectivity index (χ1) is 14.1. The van der Waals surface area contributed by atoms with E-state index in [1.54, 1.807) is 31.4 Å². The molecule has 0 unspecified atom stereocenters. The summed E-state index contributed by atoms with van der Waals surface area (Å²) in [6.45, 7) is 1.64. The lowest BCUT2D eigenvalue weighted by molar-refractivity contribution is -0.148. The average Bonchev–Trinajstić information content (AvgIpc) is 3.21. The first kappa shape index (κ1) is 20.5. The molecule has 0 N–H and O–H groups in total. The Morgan fingerprint density at radius 1 is 1.14 bits per heavy atom. The van der Waals surface area contributed by atoms with E-state index in [4.69, 9.17) is 30.3 Å². The topological polar surface area (TPSA) is 70.8 Å². The number of esters is 1. The zero-order valence-electron chi connectivity index (χ0n) is 16.1. The molecular formula is C22H20ClNO5. The van der Waals surface area contributed by atoms with E-state index in [1.165, 1.54) is 0 Å². The fourth-order valence-corrected chi connectivity index (χ4v) is 2.69. The van der Waals surface area contributed by atoms with Crippen LogP contribution in [-0.2, 0) is 16.1 Å². The van der Waals surface area contributed by atoms with Crippen LogP contribution in [0.4, 0.5) is 0 Å². The number of halogens is 1. The molecule has 1 aromatic heterocycles. The molecule has 6 nitrogen and oxygen atoms in total. The van der Waals surface area contributed by atoms with Gasteiger partial charge in [-0.05, 0) is 36.8 Å². The minimum atomic E-state index is -0.533. The maximum Gasteiger partial charge on any atom is 0.344 e. The third-order valence-corrected chi connectivity index (χ3v) is 4.22. The van der Waals surface area contributed by atoms with Gasteiger partial charge in [0, 0.05) is 16.7 Å². The number of hydrogen-bond acceptors (Lipinski definition) is 6. The average molecular weight is 414 g/mol. The van der Waals surface area contributed by atoms with Crippen LogP contribution < -0.4 is 9.47 Å². The van der Waals surface area contributed by atoms with Gasteiger partial charge in [-0.3, -0.25) is 0 Å². The number of carbonyl (C=O) groups is 1. The summed E-state index contributed by atoms with van der Waals surface area (Å²) in [7, 11) is 1.54. The monoisotopic (exact) mass is 413 g/mol. The maximum absolute atomic E-state index is 12.0. The smallest absolute Gasteiger partial charge is 0.344 e. The number of benzene rings is 2. The predicted molar refractivity (Wildman–Crippen MR) is 110 cm³/mol. The van der Waals surface area contributed by atoms with E-state index in [-0.39, 0.29) is 13.2 Å². The molecule has 0 atom stereocenters. The van der Waals surface area contributed by atoms with Crippen LogP contribution in [0.25, 0.3) is 17.3 Å². The molecule has 0 spiro atoms. The summed E-state index contributed by atoms with van der Waals surface area (Å²) in [6.07, 6.45) is 3.87. The van der Waals surface area contributed by atoms with E-state index >= 15 is 0 Å². The van der Waals surface area contributed by atoms with Gasteiger partial charge >= 0.3 is 5.97 Å². The Kier molecular flexibility index (Phi) is 6.92. The highest BCUT2D eigenvalue weighted by atomic mass is 35.5. The molecule has 0 aliphatic rings. The molecule has 2 aromatic carbocycles. The third-order valence-electron chi connectivity index (χ3n) is 3.97. The summed E-state index contributed by atoms with van der Waals surface area (Å²) in [5.74, 6) is 0.893. The second-order valence-corrected chi connectivity index (χ2v) is 6.48. The van der Waals surface area contributed by atoms with Gasteiger partial charge in [0.25, 0.3) is 0 Å². The highest BCUT2D eigenvalue weighted by Gasteiger charge is 2.12. The zero-order valence-corrected chi connectivity index (χ0v) is 16.8. The highest BCUT2D eigenvalue weighted by Crippen LogP contribution is 2.28. The van der Waals surface area contributed by atoms with Gasteiger partial charge in [0.15, 0.2) is 30.5 Å². The number of aromatic nitrogens is 1. The minimum Gasteiger partial charge on any atom is -0.493 e. The Bertz CT molecular complexity index is 995. The van der Waals surface area contributed by atoms with Gasteiger partial charge in [0.1, 0.15) is 5.69 Å². The second-order valence-electron chi connectivity index (χ2n) is 6.05. The molecule has 0 amide bonds. The molecule has 7 heteroatoms. The van der Waals surface area contributed by atoms with Crippen LogP contribution in [0, 0.1) is 0 Å². The number of rotatable bonds is 8. The van der Waals surface area contributed by atoms with Gasteiger partial charge < -0.3 is 18.7 Å². The third kappa shape index (κ3) is 5.62. The molecule has 0 aliphatic carbocycles. The molecule has 0 bridgehead atoms. The summed E-state index contributed by atoms with van der Waals surface area (Å²) in [5, 5.41) is 4.61. The molecule has 3 rings (SSSR count). The number of ether oxygens (including phenoxy) is 3. The Morgan fingerprint density at radius 2 is 1.93 bits per heavy atom. The molecule has 150 valence electrons. The lowest BCUT2D eigenvalue weighted by atomic mass is 10.1. The van der Waals surface area contributed by atoms with Gasteiger partial charge in [-0.1, -0.05) is 47.1 Å². The van der Waals surface area contributed by atoms with Crippen LogP contribution in [0.3, 0.4) is 0 Å². The number of methoxy groups -OCH3 is 1. The first-order valence-corrected chi connectivity index (χ1v) is 9.27. The SMILES string of the molecule is C/C=C/c1ccc(OCC(=O)OCc2cc(-c3ccc(Cl)cc3)no2)c(OC)c1. The lowest BCUT2D eigenvalue weighted by Crippen LogP contribution is -2.15. The molecule has 0 fully saturated rings. The van der Waals surface area contributed by atoms with Crippen molar-refractivity contribution in [3.63, 3.8) is 0 Å². The molecule has 0 saturated carbocycles. The molecule has 1 heterocycles. The van der Waals surface area contributed by atoms with E-state index < -0.39 is 5.97 Å². The van der Waals surface area contributed by atoms with Gasteiger partial charge in [-0.15, -0.1) is 0 Å². The van der Waals surface area contributed by atoms with Gasteiger partial charge in [-0.25, -0.2) is 4.79 Å². The Morgan fingerprint density at radius 3 is 2.66 bits per heavy atom. The molecule has 3 aromatic rings. The number of hydrogen-bond donors (Lipinski definition) is 0. The van der Waals surface area contributed by atoms with Crippen molar-refractivity contribution in [3.8, 4) is 22.8 Å². The molecule has 29 heavy (non-hydrogen) atoms. The van der Waals surface area contributed by atoms with Crippen molar-refractivity contribution >= 4 is 23.6 Å². The van der Waals surface area contributed by atoms with Gasteiger partial charge in [0.2, 0.25) is 0 Å². The van der Waals surface area contributed by atoms with Gasteiger partial charge in [0.05, 0.1) is 7.11 Å². The van der Waals surface area contributed by atoms with Crippen molar-refractivity contribution in [1.29, 1.82) is 0 Å². The van der Waals surface area contributed by atoms with E-state index in [9.17, 15) is 4.79 Å². The molecule has 0 aliphatic heterocycles. The van der Waals surface area contributed by atoms with E-state index in [0.29, 0.717) is 28.0 Å². The second kappa shape index (κ2) is 9.80. The Hall–Kier alpha value is -3.25. The van der Waals surface area contributed by atoms with Crippen molar-refractivity contribution in [3.05, 3.63) is 71.0 Å². The summed E-state index contributed by atoms with van der Waals surface area (Å²) in [5.41, 5.74) is 2.46. The van der Waals surface area contributed by atoms with Crippen LogP contribution in [0.2, 0.25) is 5.02 Å². The Balaban J connectivity index is 1.52. The van der Waals surface area contributed by atoms with Crippen molar-refractivity contribution in [2.45, 2.75) is 13.5 Å². The summed E-state index contributed by atoms with van der Waals surface area (Å²) in [4.78, 5) is 12.0. The standard InChI is InChI=1S/C22H20ClNO5/c1-3-4-15-5-10-20(21(11-15)26-2)27-14-22(25)28-13-18-12-19(24-29-18)16-6-8-17(23)9-7-16/h3-12H,13-14H2,1-2H3/b4-3+. The van der Waals surface area contributed by atoms with E-state index in [0.717, 1.165) is 11.1 Å². The summed E-state index contributed by atoms with van der Waals surface area (Å²) < 4.78 is 21.2. The fourth-order valence-electron chi connectivity index (χ4n) is 2.57. The van der Waals surface area contributed by atoms with Crippen molar-refractivity contribution < 1.29 is 23.5 Å². The normalized spacial score (nSPS) is 10.9. The van der Waals surface area contributed by atoms with Crippen molar-refractivity contribution in [2.75, 3.05) is 13.7 Å². The first-order valence-electron chi connectivity index (χ1n) is 8.89. The molecule has 0 radical (unpaired) electrons.